The van der Waals surface area contributed by atoms with Gasteiger partial charge in [-0.3, -0.25) is 4.90 Å². The molecule has 1 atom stereocenters. The number of rotatable bonds is 5. The average Bonchev–Trinajstić information content (AvgIpc) is 2.97. The van der Waals surface area contributed by atoms with Gasteiger partial charge in [-0.05, 0) is 44.5 Å². The molecule has 2 aromatic rings. The van der Waals surface area contributed by atoms with Crippen molar-refractivity contribution in [2.24, 2.45) is 5.73 Å². The Morgan fingerprint density at radius 2 is 2.00 bits per heavy atom. The van der Waals surface area contributed by atoms with Gasteiger partial charge < -0.3 is 10.7 Å². The summed E-state index contributed by atoms with van der Waals surface area (Å²) in [5.74, 6) is 0. The lowest BCUT2D eigenvalue weighted by Gasteiger charge is -2.37. The number of hydrogen-bond donors (Lipinski definition) is 2. The van der Waals surface area contributed by atoms with Gasteiger partial charge in [-0.15, -0.1) is 0 Å². The number of nitrogens with one attached hydrogen (secondary N) is 1. The summed E-state index contributed by atoms with van der Waals surface area (Å²) >= 11 is 0. The molecule has 0 amide bonds. The van der Waals surface area contributed by atoms with Crippen LogP contribution >= 0.6 is 0 Å². The van der Waals surface area contributed by atoms with E-state index in [0.717, 1.165) is 13.0 Å². The quantitative estimate of drug-likeness (QED) is 0.877. The Bertz CT molecular complexity index is 569. The number of benzene rings is 1. The molecule has 1 aromatic carbocycles. The van der Waals surface area contributed by atoms with Gasteiger partial charge in [-0.1, -0.05) is 37.5 Å². The van der Waals surface area contributed by atoms with Gasteiger partial charge in [-0.25, -0.2) is 0 Å². The number of nitrogens with two attached hydrogens (primary N) is 1. The molecule has 1 fully saturated rings. The van der Waals surface area contributed by atoms with Crippen LogP contribution in [0, 0.1) is 0 Å². The van der Waals surface area contributed by atoms with E-state index in [2.05, 4.69) is 47.4 Å². The van der Waals surface area contributed by atoms with E-state index in [4.69, 9.17) is 5.73 Å². The fraction of sp³-hybridized carbons (Fsp3) is 0.556. The summed E-state index contributed by atoms with van der Waals surface area (Å²) in [6.07, 6.45) is 10.0. The summed E-state index contributed by atoms with van der Waals surface area (Å²) in [6.45, 7) is 0.737. The number of aromatic nitrogens is 1. The summed E-state index contributed by atoms with van der Waals surface area (Å²) < 4.78 is 0. The fourth-order valence-electron chi connectivity index (χ4n) is 3.85. The van der Waals surface area contributed by atoms with Crippen LogP contribution in [0.1, 0.15) is 50.1 Å². The molecular weight excluding hydrogens is 258 g/mol. The van der Waals surface area contributed by atoms with Crippen molar-refractivity contribution in [3.8, 4) is 0 Å². The van der Waals surface area contributed by atoms with Crippen LogP contribution < -0.4 is 5.73 Å². The summed E-state index contributed by atoms with van der Waals surface area (Å²) in [4.78, 5) is 6.00. The molecule has 1 aliphatic carbocycles. The van der Waals surface area contributed by atoms with Crippen molar-refractivity contribution in [3.63, 3.8) is 0 Å². The van der Waals surface area contributed by atoms with Crippen LogP contribution in [0.2, 0.25) is 0 Å². The summed E-state index contributed by atoms with van der Waals surface area (Å²) in [5.41, 5.74) is 8.54. The molecule has 3 nitrogen and oxygen atoms in total. The Morgan fingerprint density at radius 3 is 2.76 bits per heavy atom. The molecule has 0 radical (unpaired) electrons. The lowest BCUT2D eigenvalue weighted by atomic mass is 9.91. The van der Waals surface area contributed by atoms with Gasteiger partial charge in [0, 0.05) is 29.2 Å². The van der Waals surface area contributed by atoms with Crippen LogP contribution in [-0.2, 0) is 0 Å². The zero-order chi connectivity index (χ0) is 14.7. The van der Waals surface area contributed by atoms with Crippen molar-refractivity contribution in [2.45, 2.75) is 50.6 Å². The predicted molar refractivity (Wildman–Crippen MR) is 89.3 cm³/mol. The van der Waals surface area contributed by atoms with E-state index in [-0.39, 0.29) is 0 Å². The van der Waals surface area contributed by atoms with E-state index >= 15 is 0 Å². The third-order valence-electron chi connectivity index (χ3n) is 5.06. The van der Waals surface area contributed by atoms with Crippen LogP contribution in [0.4, 0.5) is 0 Å². The lowest BCUT2D eigenvalue weighted by Crippen LogP contribution is -2.37. The zero-order valence-electron chi connectivity index (χ0n) is 13.0. The van der Waals surface area contributed by atoms with Gasteiger partial charge in [0.1, 0.15) is 0 Å². The van der Waals surface area contributed by atoms with Crippen molar-refractivity contribution >= 4 is 10.9 Å². The topological polar surface area (TPSA) is 45.0 Å². The second kappa shape index (κ2) is 6.63. The Morgan fingerprint density at radius 1 is 1.24 bits per heavy atom. The first kappa shape index (κ1) is 14.6. The zero-order valence-corrected chi connectivity index (χ0v) is 13.0. The van der Waals surface area contributed by atoms with Crippen molar-refractivity contribution in [1.29, 1.82) is 0 Å². The molecule has 114 valence electrons. The van der Waals surface area contributed by atoms with Gasteiger partial charge in [0.15, 0.2) is 0 Å². The highest BCUT2D eigenvalue weighted by Gasteiger charge is 2.26. The lowest BCUT2D eigenvalue weighted by molar-refractivity contribution is 0.133. The first-order valence-corrected chi connectivity index (χ1v) is 8.29. The number of H-pyrrole nitrogens is 1. The molecule has 1 aliphatic rings. The molecule has 0 bridgehead atoms. The van der Waals surface area contributed by atoms with Crippen molar-refractivity contribution in [2.75, 3.05) is 13.6 Å². The maximum Gasteiger partial charge on any atom is 0.0457 e. The van der Waals surface area contributed by atoms with Crippen LogP contribution in [0.25, 0.3) is 10.9 Å². The maximum atomic E-state index is 5.91. The molecule has 1 unspecified atom stereocenters. The Labute approximate surface area is 127 Å². The summed E-state index contributed by atoms with van der Waals surface area (Å²) in [7, 11) is 2.29. The van der Waals surface area contributed by atoms with E-state index in [0.29, 0.717) is 12.1 Å². The van der Waals surface area contributed by atoms with Crippen LogP contribution in [0.3, 0.4) is 0 Å². The summed E-state index contributed by atoms with van der Waals surface area (Å²) in [5, 5.41) is 1.35. The van der Waals surface area contributed by atoms with Gasteiger partial charge >= 0.3 is 0 Å². The smallest absolute Gasteiger partial charge is 0.0457 e. The standard InChI is InChI=1S/C18H27N3/c1-21(14-7-3-2-4-8-14)18(11-12-19)16-13-20-17-10-6-5-9-15(16)17/h5-6,9-10,13-14,18,20H,2-4,7-8,11-12,19H2,1H3. The largest absolute Gasteiger partial charge is 0.361 e. The third-order valence-corrected chi connectivity index (χ3v) is 5.06. The van der Waals surface area contributed by atoms with E-state index in [1.165, 1.54) is 48.6 Å². The Hall–Kier alpha value is -1.32. The minimum absolute atomic E-state index is 0.425. The molecule has 0 saturated heterocycles. The van der Waals surface area contributed by atoms with E-state index < -0.39 is 0 Å². The van der Waals surface area contributed by atoms with Crippen LogP contribution in [0.5, 0.6) is 0 Å². The molecule has 0 spiro atoms. The molecule has 21 heavy (non-hydrogen) atoms. The van der Waals surface area contributed by atoms with E-state index in [9.17, 15) is 0 Å². The second-order valence-electron chi connectivity index (χ2n) is 6.34. The number of hydrogen-bond acceptors (Lipinski definition) is 2. The normalized spacial score (nSPS) is 18.4. The van der Waals surface area contributed by atoms with Crippen molar-refractivity contribution in [3.05, 3.63) is 36.0 Å². The minimum Gasteiger partial charge on any atom is -0.361 e. The van der Waals surface area contributed by atoms with E-state index in [1.54, 1.807) is 0 Å². The highest BCUT2D eigenvalue weighted by molar-refractivity contribution is 5.83. The highest BCUT2D eigenvalue weighted by atomic mass is 15.2. The molecule has 3 heteroatoms. The number of aromatic amines is 1. The first-order valence-electron chi connectivity index (χ1n) is 8.29. The molecule has 1 heterocycles. The monoisotopic (exact) mass is 285 g/mol. The minimum atomic E-state index is 0.425. The molecule has 0 aliphatic heterocycles. The van der Waals surface area contributed by atoms with Gasteiger partial charge in [0.2, 0.25) is 0 Å². The number of nitrogens with zero attached hydrogens (tertiary/aromatic N) is 1. The Kier molecular flexibility index (Phi) is 4.61. The molecule has 1 saturated carbocycles. The molecular formula is C18H27N3. The maximum absolute atomic E-state index is 5.91. The predicted octanol–water partition coefficient (Wildman–Crippen LogP) is 3.82. The van der Waals surface area contributed by atoms with Gasteiger partial charge in [-0.2, -0.15) is 0 Å². The molecule has 3 rings (SSSR count). The van der Waals surface area contributed by atoms with Crippen molar-refractivity contribution in [1.82, 2.24) is 9.88 Å². The molecule has 1 aromatic heterocycles. The van der Waals surface area contributed by atoms with Gasteiger partial charge in [0.25, 0.3) is 0 Å². The van der Waals surface area contributed by atoms with Crippen LogP contribution in [0.15, 0.2) is 30.5 Å². The highest BCUT2D eigenvalue weighted by Crippen LogP contribution is 2.34. The number of para-hydroxylation sites is 1. The summed E-state index contributed by atoms with van der Waals surface area (Å²) in [6, 6.07) is 9.72. The van der Waals surface area contributed by atoms with Gasteiger partial charge in [0.05, 0.1) is 0 Å². The fourth-order valence-corrected chi connectivity index (χ4v) is 3.85. The average molecular weight is 285 g/mol. The first-order chi connectivity index (χ1) is 10.3. The Balaban J connectivity index is 1.89. The SMILES string of the molecule is CN(C1CCCCC1)C(CCN)c1c[nH]c2ccccc12. The third kappa shape index (κ3) is 2.99. The molecule has 3 N–H and O–H groups in total. The van der Waals surface area contributed by atoms with Crippen LogP contribution in [-0.4, -0.2) is 29.5 Å². The second-order valence-corrected chi connectivity index (χ2v) is 6.34. The van der Waals surface area contributed by atoms with E-state index in [1.807, 2.05) is 0 Å². The van der Waals surface area contributed by atoms with Crippen molar-refractivity contribution < 1.29 is 0 Å². The number of fused-ring (bicyclic) bond motifs is 1.